The molecule has 0 N–H and O–H groups in total. The Hall–Kier alpha value is -2.20. The number of nitrogens with zero attached hydrogens (tertiary/aromatic N) is 3. The maximum absolute atomic E-state index is 4.33. The first-order valence-corrected chi connectivity index (χ1v) is 7.80. The predicted molar refractivity (Wildman–Crippen MR) is 89.8 cm³/mol. The summed E-state index contributed by atoms with van der Waals surface area (Å²) in [4.78, 5) is 0.901. The zero-order chi connectivity index (χ0) is 14.7. The quantitative estimate of drug-likeness (QED) is 0.520. The molecule has 0 atom stereocenters. The molecule has 1 heterocycles. The van der Waals surface area contributed by atoms with Crippen molar-refractivity contribution >= 4 is 27.8 Å². The van der Waals surface area contributed by atoms with E-state index >= 15 is 0 Å². The molecule has 2 aromatic carbocycles. The van der Waals surface area contributed by atoms with Crippen LogP contribution in [-0.2, 0) is 13.5 Å². The van der Waals surface area contributed by atoms with Crippen molar-refractivity contribution < 1.29 is 0 Å². The number of benzene rings is 2. The molecule has 0 aliphatic heterocycles. The Morgan fingerprint density at radius 1 is 1.10 bits per heavy atom. The van der Waals surface area contributed by atoms with Gasteiger partial charge in [0.1, 0.15) is 0 Å². The lowest BCUT2D eigenvalue weighted by Crippen LogP contribution is -2.08. The van der Waals surface area contributed by atoms with Gasteiger partial charge in [-0.15, -0.1) is 5.10 Å². The third-order valence-corrected chi connectivity index (χ3v) is 4.56. The number of hydrogen-bond donors (Lipinski definition) is 0. The highest BCUT2D eigenvalue weighted by Gasteiger charge is 2.00. The van der Waals surface area contributed by atoms with Gasteiger partial charge in [-0.25, -0.2) is 0 Å². The summed E-state index contributed by atoms with van der Waals surface area (Å²) in [5, 5.41) is 8.54. The molecule has 0 bridgehead atoms. The molecule has 3 nitrogen and oxygen atoms in total. The normalized spacial score (nSPS) is 12.6. The van der Waals surface area contributed by atoms with E-state index in [9.17, 15) is 0 Å². The lowest BCUT2D eigenvalue weighted by atomic mass is 10.1. The van der Waals surface area contributed by atoms with E-state index in [-0.39, 0.29) is 0 Å². The maximum Gasteiger partial charge on any atom is 0.211 e. The summed E-state index contributed by atoms with van der Waals surface area (Å²) in [6.45, 7) is 2.15. The van der Waals surface area contributed by atoms with Gasteiger partial charge < -0.3 is 4.57 Å². The van der Waals surface area contributed by atoms with Gasteiger partial charge in [0, 0.05) is 7.05 Å². The van der Waals surface area contributed by atoms with E-state index in [1.165, 1.54) is 15.8 Å². The molecule has 1 aromatic heterocycles. The second-order valence-corrected chi connectivity index (χ2v) is 5.86. The minimum absolute atomic E-state index is 0.901. The van der Waals surface area contributed by atoms with Gasteiger partial charge in [0.25, 0.3) is 0 Å². The molecule has 0 aliphatic carbocycles. The largest absolute Gasteiger partial charge is 0.318 e. The molecule has 4 heteroatoms. The fourth-order valence-corrected chi connectivity index (χ4v) is 3.14. The van der Waals surface area contributed by atoms with Crippen LogP contribution in [0.25, 0.3) is 10.2 Å². The van der Waals surface area contributed by atoms with Crippen LogP contribution in [0.1, 0.15) is 18.1 Å². The Kier molecular flexibility index (Phi) is 3.97. The van der Waals surface area contributed by atoms with Gasteiger partial charge in [-0.3, -0.25) is 0 Å². The number of aromatic nitrogens is 1. The van der Waals surface area contributed by atoms with Gasteiger partial charge in [0.05, 0.1) is 16.4 Å². The number of thiazole rings is 1. The minimum Gasteiger partial charge on any atom is -0.318 e. The van der Waals surface area contributed by atoms with E-state index < -0.39 is 0 Å². The van der Waals surface area contributed by atoms with Crippen LogP contribution >= 0.6 is 11.3 Å². The highest BCUT2D eigenvalue weighted by Crippen LogP contribution is 2.15. The van der Waals surface area contributed by atoms with Crippen LogP contribution in [0.15, 0.2) is 58.7 Å². The Bertz CT molecular complexity index is 838. The molecule has 0 amide bonds. The van der Waals surface area contributed by atoms with Crippen molar-refractivity contribution in [1.29, 1.82) is 0 Å². The van der Waals surface area contributed by atoms with Gasteiger partial charge in [-0.05, 0) is 29.7 Å². The van der Waals surface area contributed by atoms with Gasteiger partial charge in [0.2, 0.25) is 4.80 Å². The van der Waals surface area contributed by atoms with E-state index in [1.807, 2.05) is 19.2 Å². The number of rotatable bonds is 3. The molecule has 21 heavy (non-hydrogen) atoms. The molecule has 0 unspecified atom stereocenters. The summed E-state index contributed by atoms with van der Waals surface area (Å²) in [7, 11) is 2.02. The SMILES string of the molecule is CCc1ccc(C=NN=c2sc3ccccc3n2C)cc1. The topological polar surface area (TPSA) is 29.6 Å². The van der Waals surface area contributed by atoms with Crippen LogP contribution in [-0.4, -0.2) is 10.8 Å². The van der Waals surface area contributed by atoms with Gasteiger partial charge in [0.15, 0.2) is 0 Å². The van der Waals surface area contributed by atoms with Crippen molar-refractivity contribution in [2.45, 2.75) is 13.3 Å². The van der Waals surface area contributed by atoms with Gasteiger partial charge in [-0.2, -0.15) is 5.10 Å². The third kappa shape index (κ3) is 2.95. The first-order valence-electron chi connectivity index (χ1n) is 6.98. The Morgan fingerprint density at radius 2 is 1.86 bits per heavy atom. The van der Waals surface area contributed by atoms with E-state index in [2.05, 4.69) is 58.1 Å². The molecular weight excluding hydrogens is 278 g/mol. The van der Waals surface area contributed by atoms with Crippen LogP contribution in [0.3, 0.4) is 0 Å². The van der Waals surface area contributed by atoms with Crippen molar-refractivity contribution in [3.63, 3.8) is 0 Å². The lowest BCUT2D eigenvalue weighted by molar-refractivity contribution is 0.889. The summed E-state index contributed by atoms with van der Waals surface area (Å²) < 4.78 is 3.29. The minimum atomic E-state index is 0.901. The van der Waals surface area contributed by atoms with Crippen molar-refractivity contribution in [3.05, 3.63) is 64.5 Å². The van der Waals surface area contributed by atoms with Crippen molar-refractivity contribution in [2.24, 2.45) is 17.3 Å². The van der Waals surface area contributed by atoms with Crippen LogP contribution in [0.5, 0.6) is 0 Å². The summed E-state index contributed by atoms with van der Waals surface area (Å²) in [5.74, 6) is 0. The summed E-state index contributed by atoms with van der Waals surface area (Å²) >= 11 is 1.65. The van der Waals surface area contributed by atoms with Crippen molar-refractivity contribution in [3.8, 4) is 0 Å². The van der Waals surface area contributed by atoms with E-state index in [1.54, 1.807) is 17.6 Å². The summed E-state index contributed by atoms with van der Waals surface area (Å²) in [5.41, 5.74) is 3.59. The Morgan fingerprint density at radius 3 is 2.57 bits per heavy atom. The molecule has 0 saturated heterocycles. The van der Waals surface area contributed by atoms with Crippen LogP contribution in [0.2, 0.25) is 0 Å². The molecule has 3 aromatic rings. The van der Waals surface area contributed by atoms with Crippen LogP contribution in [0.4, 0.5) is 0 Å². The third-order valence-electron chi connectivity index (χ3n) is 3.45. The van der Waals surface area contributed by atoms with Gasteiger partial charge >= 0.3 is 0 Å². The molecule has 0 radical (unpaired) electrons. The molecule has 3 rings (SSSR count). The highest BCUT2D eigenvalue weighted by atomic mass is 32.1. The predicted octanol–water partition coefficient (Wildman–Crippen LogP) is 3.74. The van der Waals surface area contributed by atoms with E-state index in [0.29, 0.717) is 0 Å². The highest BCUT2D eigenvalue weighted by molar-refractivity contribution is 7.16. The second kappa shape index (κ2) is 6.06. The monoisotopic (exact) mass is 295 g/mol. The number of hydrogen-bond acceptors (Lipinski definition) is 3. The zero-order valence-corrected chi connectivity index (χ0v) is 13.0. The molecular formula is C17H17N3S. The fraction of sp³-hybridized carbons (Fsp3) is 0.176. The lowest BCUT2D eigenvalue weighted by Gasteiger charge is -1.95. The molecule has 0 saturated carbocycles. The first kappa shape index (κ1) is 13.8. The zero-order valence-electron chi connectivity index (χ0n) is 12.2. The standard InChI is InChI=1S/C17H17N3S/c1-3-13-8-10-14(11-9-13)12-18-19-17-20(2)15-6-4-5-7-16(15)21-17/h4-12H,3H2,1-2H3. The van der Waals surface area contributed by atoms with Crippen molar-refractivity contribution in [1.82, 2.24) is 4.57 Å². The number of fused-ring (bicyclic) bond motifs is 1. The second-order valence-electron chi connectivity index (χ2n) is 4.85. The van der Waals surface area contributed by atoms with Crippen LogP contribution < -0.4 is 4.80 Å². The summed E-state index contributed by atoms with van der Waals surface area (Å²) in [6, 6.07) is 16.7. The van der Waals surface area contributed by atoms with Crippen molar-refractivity contribution in [2.75, 3.05) is 0 Å². The smallest absolute Gasteiger partial charge is 0.211 e. The maximum atomic E-state index is 4.33. The summed E-state index contributed by atoms with van der Waals surface area (Å²) in [6.07, 6.45) is 2.85. The average Bonchev–Trinajstić information content (AvgIpc) is 2.85. The first-order chi connectivity index (χ1) is 10.3. The number of aryl methyl sites for hydroxylation is 2. The van der Waals surface area contributed by atoms with Crippen LogP contribution in [0, 0.1) is 0 Å². The molecule has 106 valence electrons. The Balaban J connectivity index is 1.89. The number of para-hydroxylation sites is 1. The van der Waals surface area contributed by atoms with E-state index in [0.717, 1.165) is 16.8 Å². The molecule has 0 fully saturated rings. The van der Waals surface area contributed by atoms with Gasteiger partial charge in [-0.1, -0.05) is 54.7 Å². The molecule has 0 spiro atoms. The average molecular weight is 295 g/mol. The Labute approximate surface area is 127 Å². The van der Waals surface area contributed by atoms with E-state index in [4.69, 9.17) is 0 Å². The molecule has 0 aliphatic rings. The fourth-order valence-electron chi connectivity index (χ4n) is 2.16.